The quantitative estimate of drug-likeness (QED) is 0.741. The SMILES string of the molecule is CC(C)C(SCc1ccccc1)C(=O)N1CCC(C(=O)Nc2ccccn2)CC1. The van der Waals surface area contributed by atoms with Crippen LogP contribution in [0.2, 0.25) is 0 Å². The number of hydrogen-bond acceptors (Lipinski definition) is 4. The fraction of sp³-hybridized carbons (Fsp3) is 0.435. The molecular weight excluding hydrogens is 382 g/mol. The van der Waals surface area contributed by atoms with E-state index < -0.39 is 0 Å². The maximum absolute atomic E-state index is 13.1. The molecule has 1 aromatic heterocycles. The molecule has 154 valence electrons. The number of anilines is 1. The standard InChI is InChI=1S/C23H29N3O2S/c1-17(2)21(29-16-18-8-4-3-5-9-18)23(28)26-14-11-19(12-15-26)22(27)25-20-10-6-7-13-24-20/h3-10,13,17,19,21H,11-12,14-16H2,1-2H3,(H,24,25,27). The second-order valence-electron chi connectivity index (χ2n) is 7.77. The summed E-state index contributed by atoms with van der Waals surface area (Å²) in [6, 6.07) is 15.7. The molecule has 5 nitrogen and oxygen atoms in total. The van der Waals surface area contributed by atoms with Gasteiger partial charge in [0.1, 0.15) is 5.82 Å². The molecule has 0 spiro atoms. The van der Waals surface area contributed by atoms with E-state index in [4.69, 9.17) is 0 Å². The molecule has 1 fully saturated rings. The molecule has 1 unspecified atom stereocenters. The molecule has 3 rings (SSSR count). The molecule has 1 saturated heterocycles. The molecule has 2 amide bonds. The third-order valence-corrected chi connectivity index (χ3v) is 6.82. The van der Waals surface area contributed by atoms with Crippen LogP contribution in [0.1, 0.15) is 32.3 Å². The number of amides is 2. The van der Waals surface area contributed by atoms with Crippen LogP contribution in [0.3, 0.4) is 0 Å². The van der Waals surface area contributed by atoms with Crippen LogP contribution in [0, 0.1) is 11.8 Å². The van der Waals surface area contributed by atoms with Gasteiger partial charge in [-0.1, -0.05) is 50.2 Å². The number of pyridine rings is 1. The maximum Gasteiger partial charge on any atom is 0.235 e. The molecular formula is C23H29N3O2S. The molecule has 1 aliphatic rings. The van der Waals surface area contributed by atoms with Gasteiger partial charge in [0.25, 0.3) is 0 Å². The minimum Gasteiger partial charge on any atom is -0.342 e. The lowest BCUT2D eigenvalue weighted by molar-refractivity contribution is -0.134. The number of aromatic nitrogens is 1. The molecule has 1 atom stereocenters. The van der Waals surface area contributed by atoms with Gasteiger partial charge >= 0.3 is 0 Å². The average molecular weight is 412 g/mol. The van der Waals surface area contributed by atoms with Crippen molar-refractivity contribution in [2.24, 2.45) is 11.8 Å². The summed E-state index contributed by atoms with van der Waals surface area (Å²) in [5.41, 5.74) is 1.24. The molecule has 1 N–H and O–H groups in total. The summed E-state index contributed by atoms with van der Waals surface area (Å²) < 4.78 is 0. The highest BCUT2D eigenvalue weighted by Gasteiger charge is 2.32. The topological polar surface area (TPSA) is 62.3 Å². The van der Waals surface area contributed by atoms with Gasteiger partial charge in [-0.2, -0.15) is 0 Å². The van der Waals surface area contributed by atoms with Crippen LogP contribution in [-0.2, 0) is 15.3 Å². The summed E-state index contributed by atoms with van der Waals surface area (Å²) in [6.45, 7) is 5.48. The lowest BCUT2D eigenvalue weighted by atomic mass is 9.95. The van der Waals surface area contributed by atoms with Crippen molar-refractivity contribution in [2.75, 3.05) is 18.4 Å². The monoisotopic (exact) mass is 411 g/mol. The van der Waals surface area contributed by atoms with Gasteiger partial charge < -0.3 is 10.2 Å². The smallest absolute Gasteiger partial charge is 0.235 e. The zero-order chi connectivity index (χ0) is 20.6. The summed E-state index contributed by atoms with van der Waals surface area (Å²) >= 11 is 1.71. The van der Waals surface area contributed by atoms with Crippen LogP contribution >= 0.6 is 11.8 Å². The van der Waals surface area contributed by atoms with Crippen LogP contribution in [0.5, 0.6) is 0 Å². The number of carbonyl (C=O) groups is 2. The van der Waals surface area contributed by atoms with Crippen LogP contribution in [0.4, 0.5) is 5.82 Å². The van der Waals surface area contributed by atoms with E-state index in [2.05, 4.69) is 36.3 Å². The molecule has 2 aromatic rings. The van der Waals surface area contributed by atoms with Gasteiger partial charge in [0.2, 0.25) is 11.8 Å². The van der Waals surface area contributed by atoms with Gasteiger partial charge in [-0.3, -0.25) is 9.59 Å². The Hall–Kier alpha value is -2.34. The van der Waals surface area contributed by atoms with E-state index in [1.165, 1.54) is 5.56 Å². The molecule has 0 bridgehead atoms. The van der Waals surface area contributed by atoms with Crippen molar-refractivity contribution >= 4 is 29.4 Å². The fourth-order valence-electron chi connectivity index (χ4n) is 3.52. The van der Waals surface area contributed by atoms with Gasteiger partial charge in [-0.05, 0) is 36.5 Å². The Kier molecular flexibility index (Phi) is 7.69. The van der Waals surface area contributed by atoms with Gasteiger partial charge in [0.15, 0.2) is 0 Å². The maximum atomic E-state index is 13.1. The van der Waals surface area contributed by atoms with Crippen molar-refractivity contribution in [3.8, 4) is 0 Å². The number of likely N-dealkylation sites (tertiary alicyclic amines) is 1. The summed E-state index contributed by atoms with van der Waals surface area (Å²) in [5, 5.41) is 2.82. The first kappa shape index (κ1) is 21.4. The van der Waals surface area contributed by atoms with Crippen molar-refractivity contribution in [1.82, 2.24) is 9.88 Å². The van der Waals surface area contributed by atoms with E-state index >= 15 is 0 Å². The van der Waals surface area contributed by atoms with Crippen LogP contribution in [0.15, 0.2) is 54.7 Å². The first-order chi connectivity index (χ1) is 14.0. The van der Waals surface area contributed by atoms with E-state index in [-0.39, 0.29) is 28.9 Å². The Labute approximate surface area is 177 Å². The lowest BCUT2D eigenvalue weighted by Gasteiger charge is -2.34. The first-order valence-electron chi connectivity index (χ1n) is 10.2. The number of rotatable bonds is 7. The highest BCUT2D eigenvalue weighted by Crippen LogP contribution is 2.28. The van der Waals surface area contributed by atoms with E-state index in [1.807, 2.05) is 35.2 Å². The Bertz CT molecular complexity index is 790. The van der Waals surface area contributed by atoms with Crippen LogP contribution in [0.25, 0.3) is 0 Å². The van der Waals surface area contributed by atoms with Crippen molar-refractivity contribution in [3.63, 3.8) is 0 Å². The summed E-state index contributed by atoms with van der Waals surface area (Å²) in [7, 11) is 0. The molecule has 2 heterocycles. The largest absolute Gasteiger partial charge is 0.342 e. The molecule has 1 aliphatic heterocycles. The Morgan fingerprint density at radius 1 is 1.10 bits per heavy atom. The molecule has 0 saturated carbocycles. The number of nitrogens with one attached hydrogen (secondary N) is 1. The van der Waals surface area contributed by atoms with Crippen LogP contribution in [-0.4, -0.2) is 40.0 Å². The summed E-state index contributed by atoms with van der Waals surface area (Å²) in [4.78, 5) is 31.7. The molecule has 1 aromatic carbocycles. The van der Waals surface area contributed by atoms with Gasteiger partial charge in [0.05, 0.1) is 5.25 Å². The third kappa shape index (κ3) is 6.07. The van der Waals surface area contributed by atoms with Crippen molar-refractivity contribution in [2.45, 2.75) is 37.7 Å². The first-order valence-corrected chi connectivity index (χ1v) is 11.3. The van der Waals surface area contributed by atoms with E-state index in [0.29, 0.717) is 31.7 Å². The van der Waals surface area contributed by atoms with E-state index in [1.54, 1.807) is 24.0 Å². The summed E-state index contributed by atoms with van der Waals surface area (Å²) in [6.07, 6.45) is 3.05. The molecule has 29 heavy (non-hydrogen) atoms. The number of thioether (sulfide) groups is 1. The zero-order valence-electron chi connectivity index (χ0n) is 17.1. The number of piperidine rings is 1. The Balaban J connectivity index is 1.51. The van der Waals surface area contributed by atoms with E-state index in [0.717, 1.165) is 5.75 Å². The number of hydrogen-bond donors (Lipinski definition) is 1. The molecule has 0 radical (unpaired) electrons. The second kappa shape index (κ2) is 10.4. The minimum absolute atomic E-state index is 0.00494. The summed E-state index contributed by atoms with van der Waals surface area (Å²) in [5.74, 6) is 1.79. The number of nitrogens with zero attached hydrogens (tertiary/aromatic N) is 2. The van der Waals surface area contributed by atoms with Crippen molar-refractivity contribution in [3.05, 3.63) is 60.3 Å². The highest BCUT2D eigenvalue weighted by molar-refractivity contribution is 7.99. The number of carbonyl (C=O) groups excluding carboxylic acids is 2. The van der Waals surface area contributed by atoms with Gasteiger partial charge in [0, 0.05) is 31.0 Å². The van der Waals surface area contributed by atoms with Crippen molar-refractivity contribution < 1.29 is 9.59 Å². The normalized spacial score (nSPS) is 15.9. The average Bonchev–Trinajstić information content (AvgIpc) is 2.75. The lowest BCUT2D eigenvalue weighted by Crippen LogP contribution is -2.46. The minimum atomic E-state index is -0.0736. The zero-order valence-corrected chi connectivity index (χ0v) is 17.9. The predicted molar refractivity (Wildman–Crippen MR) is 119 cm³/mol. The van der Waals surface area contributed by atoms with Gasteiger partial charge in [-0.15, -0.1) is 11.8 Å². The third-order valence-electron chi connectivity index (χ3n) is 5.21. The molecule has 0 aliphatic carbocycles. The predicted octanol–water partition coefficient (Wildman–Crippen LogP) is 4.22. The Morgan fingerprint density at radius 2 is 1.79 bits per heavy atom. The van der Waals surface area contributed by atoms with Crippen LogP contribution < -0.4 is 5.32 Å². The van der Waals surface area contributed by atoms with Gasteiger partial charge in [-0.25, -0.2) is 4.98 Å². The number of benzene rings is 1. The fourth-order valence-corrected chi connectivity index (χ4v) is 4.76. The Morgan fingerprint density at radius 3 is 2.41 bits per heavy atom. The van der Waals surface area contributed by atoms with Crippen molar-refractivity contribution in [1.29, 1.82) is 0 Å². The molecule has 6 heteroatoms. The highest BCUT2D eigenvalue weighted by atomic mass is 32.2. The van der Waals surface area contributed by atoms with E-state index in [9.17, 15) is 9.59 Å². The second-order valence-corrected chi connectivity index (χ2v) is 8.89.